The number of carbonyl (C=O) groups excluding carboxylic acids is 1. The number of benzene rings is 1. The summed E-state index contributed by atoms with van der Waals surface area (Å²) in [7, 11) is -0.873. The van der Waals surface area contributed by atoms with Gasteiger partial charge in [0.25, 0.3) is 0 Å². The maximum atomic E-state index is 11.9. The van der Waals surface area contributed by atoms with Crippen LogP contribution in [0.1, 0.15) is 24.0 Å². The van der Waals surface area contributed by atoms with Crippen LogP contribution in [0.2, 0.25) is 0 Å². The first-order chi connectivity index (χ1) is 10.9. The minimum atomic E-state index is -2.97. The van der Waals surface area contributed by atoms with E-state index in [1.165, 1.54) is 17.3 Å². The van der Waals surface area contributed by atoms with Crippen molar-refractivity contribution >= 4 is 27.5 Å². The topological polar surface area (TPSA) is 66.5 Å². The van der Waals surface area contributed by atoms with E-state index in [1.807, 2.05) is 6.07 Å². The molecule has 0 aliphatic carbocycles. The Balaban J connectivity index is 1.62. The van der Waals surface area contributed by atoms with Crippen molar-refractivity contribution in [2.24, 2.45) is 0 Å². The van der Waals surface area contributed by atoms with Crippen LogP contribution >= 0.6 is 0 Å². The zero-order valence-corrected chi connectivity index (χ0v) is 14.1. The third-order valence-electron chi connectivity index (χ3n) is 4.46. The van der Waals surface area contributed by atoms with Crippen LogP contribution in [0, 0.1) is 0 Å². The van der Waals surface area contributed by atoms with E-state index in [0.29, 0.717) is 6.42 Å². The summed E-state index contributed by atoms with van der Waals surface area (Å²) in [6, 6.07) is 5.96. The van der Waals surface area contributed by atoms with Crippen molar-refractivity contribution in [3.8, 4) is 0 Å². The lowest BCUT2D eigenvalue weighted by Crippen LogP contribution is -2.34. The monoisotopic (exact) mass is 334 g/mol. The molecule has 1 aromatic rings. The van der Waals surface area contributed by atoms with Crippen LogP contribution in [-0.2, 0) is 21.1 Å². The third-order valence-corrected chi connectivity index (χ3v) is 6.23. The van der Waals surface area contributed by atoms with Crippen molar-refractivity contribution in [1.29, 1.82) is 0 Å². The van der Waals surface area contributed by atoms with Crippen LogP contribution in [0.3, 0.4) is 0 Å². The summed E-state index contributed by atoms with van der Waals surface area (Å²) in [4.78, 5) is 14.2. The predicted octanol–water partition coefficient (Wildman–Crippen LogP) is 1.39. The second-order valence-corrected chi connectivity index (χ2v) is 8.58. The summed E-state index contributed by atoms with van der Waals surface area (Å²) in [6.45, 7) is 1.08. The lowest BCUT2D eigenvalue weighted by atomic mass is 9.99. The van der Waals surface area contributed by atoms with Crippen LogP contribution in [0.5, 0.6) is 0 Å². The molecule has 2 aliphatic heterocycles. The molecule has 0 saturated carbocycles. The highest BCUT2D eigenvalue weighted by atomic mass is 32.2. The average molecular weight is 334 g/mol. The van der Waals surface area contributed by atoms with Gasteiger partial charge in [-0.2, -0.15) is 0 Å². The van der Waals surface area contributed by atoms with E-state index in [9.17, 15) is 13.2 Å². The molecule has 2 heterocycles. The van der Waals surface area contributed by atoms with Gasteiger partial charge >= 0.3 is 0 Å². The fourth-order valence-electron chi connectivity index (χ4n) is 3.24. The van der Waals surface area contributed by atoms with Crippen LogP contribution in [-0.4, -0.2) is 45.5 Å². The van der Waals surface area contributed by atoms with E-state index in [-0.39, 0.29) is 23.5 Å². The van der Waals surface area contributed by atoms with E-state index in [0.717, 1.165) is 24.9 Å². The lowest BCUT2D eigenvalue weighted by molar-refractivity contribution is -0.116. The highest BCUT2D eigenvalue weighted by molar-refractivity contribution is 7.91. The molecule has 0 radical (unpaired) electrons. The number of hydrogen-bond acceptors (Lipinski definition) is 4. The molecule has 0 spiro atoms. The molecule has 0 aromatic heterocycles. The first kappa shape index (κ1) is 16.1. The number of fused-ring (bicyclic) bond motifs is 1. The van der Waals surface area contributed by atoms with Crippen molar-refractivity contribution < 1.29 is 13.2 Å². The zero-order chi connectivity index (χ0) is 16.4. The molecular weight excluding hydrogens is 312 g/mol. The van der Waals surface area contributed by atoms with Gasteiger partial charge in [-0.25, -0.2) is 8.42 Å². The van der Waals surface area contributed by atoms with Gasteiger partial charge in [-0.15, -0.1) is 0 Å². The predicted molar refractivity (Wildman–Crippen MR) is 92.3 cm³/mol. The number of aryl methyl sites for hydroxylation is 1. The van der Waals surface area contributed by atoms with E-state index < -0.39 is 9.84 Å². The Morgan fingerprint density at radius 1 is 1.39 bits per heavy atom. The maximum absolute atomic E-state index is 11.9. The Kier molecular flexibility index (Phi) is 4.43. The molecule has 3 rings (SSSR count). The van der Waals surface area contributed by atoms with Gasteiger partial charge < -0.3 is 10.2 Å². The number of nitrogens with zero attached hydrogens (tertiary/aromatic N) is 1. The van der Waals surface area contributed by atoms with Crippen molar-refractivity contribution in [2.45, 2.75) is 25.3 Å². The van der Waals surface area contributed by atoms with Gasteiger partial charge in [0.05, 0.1) is 11.5 Å². The molecule has 23 heavy (non-hydrogen) atoms. The van der Waals surface area contributed by atoms with Gasteiger partial charge in [0.1, 0.15) is 0 Å². The lowest BCUT2D eigenvalue weighted by Gasteiger charge is -2.27. The molecule has 1 atom stereocenters. The number of sulfone groups is 1. The number of rotatable bonds is 3. The molecule has 5 nitrogen and oxygen atoms in total. The van der Waals surface area contributed by atoms with E-state index in [4.69, 9.17) is 0 Å². The Morgan fingerprint density at radius 3 is 2.96 bits per heavy atom. The van der Waals surface area contributed by atoms with Gasteiger partial charge in [0.2, 0.25) is 5.91 Å². The smallest absolute Gasteiger partial charge is 0.244 e. The Labute approximate surface area is 137 Å². The molecule has 124 valence electrons. The molecule has 1 N–H and O–H groups in total. The molecular formula is C17H22N2O3S. The summed E-state index contributed by atoms with van der Waals surface area (Å²) >= 11 is 0. The van der Waals surface area contributed by atoms with E-state index in [2.05, 4.69) is 29.4 Å². The van der Waals surface area contributed by atoms with Crippen LogP contribution in [0.15, 0.2) is 24.3 Å². The van der Waals surface area contributed by atoms with Gasteiger partial charge in [-0.1, -0.05) is 6.07 Å². The Morgan fingerprint density at radius 2 is 2.22 bits per heavy atom. The highest BCUT2D eigenvalue weighted by Gasteiger charge is 2.28. The minimum Gasteiger partial charge on any atom is -0.374 e. The molecule has 0 bridgehead atoms. The molecule has 2 aliphatic rings. The van der Waals surface area contributed by atoms with Crippen LogP contribution < -0.4 is 10.2 Å². The molecule has 6 heteroatoms. The van der Waals surface area contributed by atoms with Crippen molar-refractivity contribution in [1.82, 2.24) is 5.32 Å². The summed E-state index contributed by atoms with van der Waals surface area (Å²) in [6.07, 6.45) is 5.99. The van der Waals surface area contributed by atoms with Crippen LogP contribution in [0.25, 0.3) is 6.08 Å². The van der Waals surface area contributed by atoms with Crippen LogP contribution in [0.4, 0.5) is 5.69 Å². The number of carbonyl (C=O) groups is 1. The summed E-state index contributed by atoms with van der Waals surface area (Å²) in [5.41, 5.74) is 3.56. The fourth-order valence-corrected chi connectivity index (χ4v) is 4.91. The molecule has 1 saturated heterocycles. The second-order valence-electron chi connectivity index (χ2n) is 6.36. The summed E-state index contributed by atoms with van der Waals surface area (Å²) < 4.78 is 22.8. The average Bonchev–Trinajstić information content (AvgIpc) is 2.84. The van der Waals surface area contributed by atoms with Gasteiger partial charge in [0.15, 0.2) is 9.84 Å². The molecule has 1 fully saturated rings. The Hall–Kier alpha value is -1.82. The first-order valence-electron chi connectivity index (χ1n) is 7.96. The largest absolute Gasteiger partial charge is 0.374 e. The second kappa shape index (κ2) is 6.35. The first-order valence-corrected chi connectivity index (χ1v) is 9.78. The van der Waals surface area contributed by atoms with E-state index in [1.54, 1.807) is 6.08 Å². The zero-order valence-electron chi connectivity index (χ0n) is 13.3. The quantitative estimate of drug-likeness (QED) is 0.848. The van der Waals surface area contributed by atoms with Gasteiger partial charge in [0, 0.05) is 31.4 Å². The fraction of sp³-hybridized carbons (Fsp3) is 0.471. The molecule has 1 amide bonds. The van der Waals surface area contributed by atoms with Crippen molar-refractivity contribution in [2.75, 3.05) is 30.0 Å². The van der Waals surface area contributed by atoms with E-state index >= 15 is 0 Å². The van der Waals surface area contributed by atoms with Gasteiger partial charge in [-0.3, -0.25) is 4.79 Å². The maximum Gasteiger partial charge on any atom is 0.244 e. The normalized spacial score (nSPS) is 23.0. The minimum absolute atomic E-state index is 0.0533. The summed E-state index contributed by atoms with van der Waals surface area (Å²) in [5.74, 6) is -0.0143. The number of nitrogens with one attached hydrogen (secondary N) is 1. The van der Waals surface area contributed by atoms with Gasteiger partial charge in [-0.05, 0) is 48.6 Å². The number of hydrogen-bond donors (Lipinski definition) is 1. The SMILES string of the molecule is CN1CCCc2cc(/C=C\C(=O)N[C@@H]3CCS(=O)(=O)C3)ccc21. The molecule has 0 unspecified atom stereocenters. The number of anilines is 1. The highest BCUT2D eigenvalue weighted by Crippen LogP contribution is 2.27. The van der Waals surface area contributed by atoms with Crippen molar-refractivity contribution in [3.63, 3.8) is 0 Å². The summed E-state index contributed by atoms with van der Waals surface area (Å²) in [5, 5.41) is 2.76. The third kappa shape index (κ3) is 3.93. The standard InChI is InChI=1S/C17H22N2O3S/c1-19-9-2-3-14-11-13(4-6-16(14)19)5-7-17(20)18-15-8-10-23(21,22)12-15/h4-7,11,15H,2-3,8-10,12H2,1H3,(H,18,20)/b7-5-/t15-/m1/s1. The molecule has 1 aromatic carbocycles. The number of amides is 1. The Bertz CT molecular complexity index is 740. The van der Waals surface area contributed by atoms with Crippen molar-refractivity contribution in [3.05, 3.63) is 35.4 Å².